The Hall–Kier alpha value is -2.69. The minimum atomic E-state index is -0.516. The second-order valence-corrected chi connectivity index (χ2v) is 11.0. The fourth-order valence-electron chi connectivity index (χ4n) is 4.16. The molecule has 2 amide bonds. The number of anilines is 3. The molecule has 2 aliphatic rings. The van der Waals surface area contributed by atoms with Gasteiger partial charge in [0, 0.05) is 0 Å². The van der Waals surface area contributed by atoms with E-state index < -0.39 is 11.8 Å². The van der Waals surface area contributed by atoms with E-state index in [1.807, 2.05) is 6.07 Å². The second kappa shape index (κ2) is 7.47. The van der Waals surface area contributed by atoms with Gasteiger partial charge in [-0.05, 0) is 0 Å². The van der Waals surface area contributed by atoms with Gasteiger partial charge >= 0.3 is 195 Å². The van der Waals surface area contributed by atoms with Crippen LogP contribution in [0, 0.1) is 0 Å². The van der Waals surface area contributed by atoms with Crippen molar-refractivity contribution in [3.05, 3.63) is 81.8 Å². The van der Waals surface area contributed by atoms with Crippen molar-refractivity contribution in [1.82, 2.24) is 5.32 Å². The van der Waals surface area contributed by atoms with Gasteiger partial charge in [0.1, 0.15) is 0 Å². The van der Waals surface area contributed by atoms with E-state index in [1.54, 1.807) is 6.08 Å². The van der Waals surface area contributed by atoms with Crippen molar-refractivity contribution in [2.75, 3.05) is 4.90 Å². The summed E-state index contributed by atoms with van der Waals surface area (Å²) in [5.74, 6) is -0.938. The zero-order chi connectivity index (χ0) is 21.8. The van der Waals surface area contributed by atoms with Gasteiger partial charge in [0.2, 0.25) is 0 Å². The number of nitrogens with zero attached hydrogens (tertiary/aromatic N) is 2. The first-order chi connectivity index (χ1) is 14.9. The first-order valence-electron chi connectivity index (χ1n) is 9.78. The first-order valence-corrected chi connectivity index (χ1v) is 12.4. The molecule has 153 valence electrons. The van der Waals surface area contributed by atoms with Gasteiger partial charge < -0.3 is 0 Å². The molecule has 2 aromatic carbocycles. The molecule has 1 radical (unpaired) electrons. The van der Waals surface area contributed by atoms with Crippen LogP contribution in [-0.2, 0) is 15.0 Å². The molecular weight excluding hydrogens is 520 g/mol. The number of carbonyl (C=O) groups is 2. The van der Waals surface area contributed by atoms with E-state index in [1.165, 1.54) is 22.5 Å². The van der Waals surface area contributed by atoms with Crippen LogP contribution in [0.25, 0.3) is 6.08 Å². The molecule has 0 atom stereocenters. The number of para-hydroxylation sites is 2. The Balaban J connectivity index is 1.62. The zero-order valence-corrected chi connectivity index (χ0v) is 20.3. The molecule has 0 spiro atoms. The second-order valence-electron chi connectivity index (χ2n) is 7.90. The van der Waals surface area contributed by atoms with Crippen molar-refractivity contribution < 1.29 is 9.59 Å². The van der Waals surface area contributed by atoms with Crippen LogP contribution in [0.3, 0.4) is 0 Å². The molecule has 2 aliphatic heterocycles. The Bertz CT molecular complexity index is 1250. The number of benzene rings is 2. The van der Waals surface area contributed by atoms with Gasteiger partial charge in [0.05, 0.1) is 0 Å². The van der Waals surface area contributed by atoms with Gasteiger partial charge in [-0.3, -0.25) is 0 Å². The summed E-state index contributed by atoms with van der Waals surface area (Å²) in [5, 5.41) is 2.56. The van der Waals surface area contributed by atoms with Gasteiger partial charge in [-0.1, -0.05) is 0 Å². The van der Waals surface area contributed by atoms with Crippen LogP contribution in [-0.4, -0.2) is 47.1 Å². The van der Waals surface area contributed by atoms with Crippen LogP contribution in [0.5, 0.6) is 0 Å². The summed E-state index contributed by atoms with van der Waals surface area (Å²) in [5.41, 5.74) is 4.86. The van der Waals surface area contributed by atoms with Gasteiger partial charge in [-0.15, -0.1) is 0 Å². The Kier molecular flexibility index (Phi) is 4.87. The number of rotatable bonds is 2. The number of fused-ring (bicyclic) bond motifs is 2. The molecule has 0 bridgehead atoms. The summed E-state index contributed by atoms with van der Waals surface area (Å²) in [4.78, 5) is 30.6. The van der Waals surface area contributed by atoms with Gasteiger partial charge in [-0.25, -0.2) is 0 Å². The molecule has 5 nitrogen and oxygen atoms in total. The molecule has 0 saturated heterocycles. The molecule has 31 heavy (non-hydrogen) atoms. The standard InChI is InChI=1S/C24H18N3O2Se2/c1-24(2)16-7-3-5-9-18(16)27(19-10-6-4-8-17(19)24)20-12-11-14(31-20)13-15-21(28)25-23(30)26-22(15)29/h3-13H,1-2H3,(H,25,26,28,29). The van der Waals surface area contributed by atoms with Crippen LogP contribution in [0.15, 0.2) is 71.2 Å². The van der Waals surface area contributed by atoms with Crippen LogP contribution in [0.2, 0.25) is 0 Å². The SMILES string of the molecule is CC1(C)c2ccccc2N(c2ccc(/C=C3\C(=O)N=C([Se])NC3=O)[se]2)c2ccccc21. The average molecular weight is 538 g/mol. The van der Waals surface area contributed by atoms with Crippen molar-refractivity contribution in [3.63, 3.8) is 0 Å². The van der Waals surface area contributed by atoms with Gasteiger partial charge in [-0.2, -0.15) is 0 Å². The Morgan fingerprint density at radius 3 is 2.19 bits per heavy atom. The van der Waals surface area contributed by atoms with Crippen LogP contribution < -0.4 is 10.2 Å². The molecule has 0 saturated carbocycles. The number of hydrogen-bond acceptors (Lipinski definition) is 3. The van der Waals surface area contributed by atoms with E-state index >= 15 is 0 Å². The predicted molar refractivity (Wildman–Crippen MR) is 125 cm³/mol. The summed E-state index contributed by atoms with van der Waals surface area (Å²) < 4.78 is 2.33. The zero-order valence-electron chi connectivity index (χ0n) is 16.9. The van der Waals surface area contributed by atoms with E-state index in [9.17, 15) is 9.59 Å². The van der Waals surface area contributed by atoms with Gasteiger partial charge in [0.25, 0.3) is 0 Å². The molecule has 0 fully saturated rings. The van der Waals surface area contributed by atoms with E-state index in [4.69, 9.17) is 0 Å². The number of hydrogen-bond donors (Lipinski definition) is 1. The van der Waals surface area contributed by atoms with E-state index in [-0.39, 0.29) is 30.2 Å². The maximum absolute atomic E-state index is 12.2. The third-order valence-electron chi connectivity index (χ3n) is 5.65. The van der Waals surface area contributed by atoms with Crippen LogP contribution in [0.4, 0.5) is 15.9 Å². The van der Waals surface area contributed by atoms with Gasteiger partial charge in [0.15, 0.2) is 0 Å². The minimum absolute atomic E-state index is 0.0716. The first kappa shape index (κ1) is 20.2. The van der Waals surface area contributed by atoms with Crippen LogP contribution in [0.1, 0.15) is 29.4 Å². The molecule has 0 aliphatic carbocycles. The maximum atomic E-state index is 12.2. The number of amides is 2. The number of amidine groups is 1. The third-order valence-corrected chi connectivity index (χ3v) is 8.20. The molecule has 3 aromatic rings. The molecule has 3 heterocycles. The van der Waals surface area contributed by atoms with E-state index in [0.29, 0.717) is 0 Å². The Morgan fingerprint density at radius 1 is 0.968 bits per heavy atom. The number of aliphatic imine (C=N–C) groups is 1. The molecule has 1 aromatic heterocycles. The Morgan fingerprint density at radius 2 is 1.58 bits per heavy atom. The molecule has 5 rings (SSSR count). The number of nitrogens with one attached hydrogen (secondary N) is 1. The normalized spacial score (nSPS) is 18.3. The monoisotopic (exact) mass is 540 g/mol. The van der Waals surface area contributed by atoms with Crippen molar-refractivity contribution in [2.45, 2.75) is 19.3 Å². The topological polar surface area (TPSA) is 61.8 Å². The summed E-state index contributed by atoms with van der Waals surface area (Å²) in [6, 6.07) is 21.1. The number of carbonyl (C=O) groups excluding carboxylic acids is 2. The van der Waals surface area contributed by atoms with Crippen molar-refractivity contribution in [1.29, 1.82) is 0 Å². The van der Waals surface area contributed by atoms with Crippen molar-refractivity contribution >= 4 is 69.1 Å². The summed E-state index contributed by atoms with van der Waals surface area (Å²) in [6.07, 6.45) is 1.67. The third kappa shape index (κ3) is 3.35. The van der Waals surface area contributed by atoms with E-state index in [2.05, 4.69) is 99.7 Å². The van der Waals surface area contributed by atoms with E-state index in [0.717, 1.165) is 9.00 Å². The Labute approximate surface area is 194 Å². The molecule has 1 N–H and O–H groups in total. The summed E-state index contributed by atoms with van der Waals surface area (Å²) in [6.45, 7) is 4.52. The van der Waals surface area contributed by atoms with Crippen molar-refractivity contribution in [3.8, 4) is 0 Å². The molecule has 7 heteroatoms. The molecular formula is C24H18N3O2Se2. The predicted octanol–water partition coefficient (Wildman–Crippen LogP) is 3.42. The quantitative estimate of drug-likeness (QED) is 0.309. The van der Waals surface area contributed by atoms with Crippen LogP contribution >= 0.6 is 0 Å². The fourth-order valence-corrected chi connectivity index (χ4v) is 6.58. The average Bonchev–Trinajstić information content (AvgIpc) is 3.19. The van der Waals surface area contributed by atoms with Crippen molar-refractivity contribution in [2.24, 2.45) is 4.99 Å². The molecule has 0 unspecified atom stereocenters. The summed E-state index contributed by atoms with van der Waals surface area (Å²) in [7, 11) is 0. The summed E-state index contributed by atoms with van der Waals surface area (Å²) >= 11 is 2.50. The fraction of sp³-hybridized carbons (Fsp3) is 0.125.